The van der Waals surface area contributed by atoms with Gasteiger partial charge in [-0.05, 0) is 49.3 Å². The Hall–Kier alpha value is -2.10. The Kier molecular flexibility index (Phi) is 4.10. The molecule has 27 heavy (non-hydrogen) atoms. The SMILES string of the molecule is O=S(=O)(c1cccs1)N1[C@@H]2CC[C@H]1CC(c1nc(-c3cccnc3)no1)C2. The second kappa shape index (κ2) is 6.50. The molecule has 0 N–H and O–H groups in total. The number of fused-ring (bicyclic) bond motifs is 2. The van der Waals surface area contributed by atoms with E-state index in [1.165, 1.54) is 11.3 Å². The quantitative estimate of drug-likeness (QED) is 0.665. The molecular formula is C18H18N4O3S2. The number of rotatable bonds is 4. The molecule has 0 saturated carbocycles. The van der Waals surface area contributed by atoms with E-state index >= 15 is 0 Å². The standard InChI is InChI=1S/C18H18N4O3S2/c23-27(24,16-4-2-8-26-16)22-14-5-6-15(22)10-13(9-14)18-20-17(21-25-18)12-3-1-7-19-11-12/h1-4,7-8,11,13-15H,5-6,9-10H2/t13?,14-,15+. The molecule has 0 amide bonds. The molecule has 7 nitrogen and oxygen atoms in total. The molecule has 3 aromatic heterocycles. The molecule has 5 rings (SSSR count). The molecule has 1 unspecified atom stereocenters. The molecule has 3 atom stereocenters. The van der Waals surface area contributed by atoms with Crippen molar-refractivity contribution in [2.45, 2.75) is 47.9 Å². The highest BCUT2D eigenvalue weighted by molar-refractivity contribution is 7.91. The molecule has 2 fully saturated rings. The number of aromatic nitrogens is 3. The van der Waals surface area contributed by atoms with Crippen molar-refractivity contribution in [3.63, 3.8) is 0 Å². The van der Waals surface area contributed by atoms with Gasteiger partial charge in [-0.25, -0.2) is 8.42 Å². The Labute approximate surface area is 161 Å². The van der Waals surface area contributed by atoms with Crippen molar-refractivity contribution in [3.8, 4) is 11.4 Å². The van der Waals surface area contributed by atoms with E-state index in [4.69, 9.17) is 4.52 Å². The molecule has 2 aliphatic rings. The summed E-state index contributed by atoms with van der Waals surface area (Å²) < 4.78 is 33.7. The van der Waals surface area contributed by atoms with E-state index < -0.39 is 10.0 Å². The van der Waals surface area contributed by atoms with Gasteiger partial charge in [0.15, 0.2) is 0 Å². The molecule has 0 spiro atoms. The second-order valence-electron chi connectivity index (χ2n) is 7.02. The van der Waals surface area contributed by atoms with Gasteiger partial charge in [0, 0.05) is 36.0 Å². The van der Waals surface area contributed by atoms with Crippen LogP contribution in [0.3, 0.4) is 0 Å². The molecule has 9 heteroatoms. The van der Waals surface area contributed by atoms with Crippen molar-refractivity contribution in [1.82, 2.24) is 19.4 Å². The zero-order chi connectivity index (χ0) is 18.4. The van der Waals surface area contributed by atoms with E-state index in [-0.39, 0.29) is 18.0 Å². The molecule has 0 aromatic carbocycles. The summed E-state index contributed by atoms with van der Waals surface area (Å²) in [5, 5.41) is 5.89. The molecule has 5 heterocycles. The van der Waals surface area contributed by atoms with Gasteiger partial charge in [-0.15, -0.1) is 11.3 Å². The largest absolute Gasteiger partial charge is 0.339 e. The lowest BCUT2D eigenvalue weighted by Crippen LogP contribution is -2.45. The molecule has 140 valence electrons. The molecule has 2 aliphatic heterocycles. The topological polar surface area (TPSA) is 89.2 Å². The van der Waals surface area contributed by atoms with E-state index in [2.05, 4.69) is 15.1 Å². The molecule has 2 saturated heterocycles. The summed E-state index contributed by atoms with van der Waals surface area (Å²) in [6, 6.07) is 7.18. The van der Waals surface area contributed by atoms with Gasteiger partial charge in [0.2, 0.25) is 11.7 Å². The predicted molar refractivity (Wildman–Crippen MR) is 99.7 cm³/mol. The minimum Gasteiger partial charge on any atom is -0.339 e. The van der Waals surface area contributed by atoms with Gasteiger partial charge in [-0.3, -0.25) is 4.98 Å². The van der Waals surface area contributed by atoms with Crippen LogP contribution >= 0.6 is 11.3 Å². The summed E-state index contributed by atoms with van der Waals surface area (Å²) in [5.41, 5.74) is 0.813. The van der Waals surface area contributed by atoms with Crippen LogP contribution in [-0.2, 0) is 10.0 Å². The van der Waals surface area contributed by atoms with Crippen molar-refractivity contribution in [2.24, 2.45) is 0 Å². The molecule has 2 bridgehead atoms. The highest BCUT2D eigenvalue weighted by Gasteiger charge is 2.48. The smallest absolute Gasteiger partial charge is 0.253 e. The van der Waals surface area contributed by atoms with Gasteiger partial charge in [0.25, 0.3) is 10.0 Å². The van der Waals surface area contributed by atoms with Gasteiger partial charge < -0.3 is 4.52 Å². The number of hydrogen-bond donors (Lipinski definition) is 0. The Morgan fingerprint density at radius 3 is 2.63 bits per heavy atom. The van der Waals surface area contributed by atoms with Crippen LogP contribution in [0.2, 0.25) is 0 Å². The van der Waals surface area contributed by atoms with Gasteiger partial charge >= 0.3 is 0 Å². The third-order valence-corrected chi connectivity index (χ3v) is 8.78. The van der Waals surface area contributed by atoms with Crippen LogP contribution in [0.5, 0.6) is 0 Å². The minimum atomic E-state index is -3.42. The van der Waals surface area contributed by atoms with E-state index in [9.17, 15) is 8.42 Å². The first kappa shape index (κ1) is 17.0. The second-order valence-corrected chi connectivity index (χ2v) is 10.0. The van der Waals surface area contributed by atoms with E-state index in [1.54, 1.807) is 34.2 Å². The summed E-state index contributed by atoms with van der Waals surface area (Å²) in [5.74, 6) is 1.22. The molecule has 0 radical (unpaired) electrons. The van der Waals surface area contributed by atoms with Crippen LogP contribution in [-0.4, -0.2) is 39.9 Å². The van der Waals surface area contributed by atoms with Gasteiger partial charge in [0.05, 0.1) is 0 Å². The van der Waals surface area contributed by atoms with Crippen LogP contribution in [0.4, 0.5) is 0 Å². The molecule has 3 aromatic rings. The number of sulfonamides is 1. The number of pyridine rings is 1. The summed E-state index contributed by atoms with van der Waals surface area (Å²) in [7, 11) is -3.42. The van der Waals surface area contributed by atoms with Crippen molar-refractivity contribution < 1.29 is 12.9 Å². The van der Waals surface area contributed by atoms with Crippen molar-refractivity contribution in [3.05, 3.63) is 47.9 Å². The first-order valence-electron chi connectivity index (χ1n) is 8.94. The zero-order valence-electron chi connectivity index (χ0n) is 14.4. The fourth-order valence-corrected chi connectivity index (χ4v) is 7.24. The highest BCUT2D eigenvalue weighted by Crippen LogP contribution is 2.45. The van der Waals surface area contributed by atoms with Crippen molar-refractivity contribution in [2.75, 3.05) is 0 Å². The zero-order valence-corrected chi connectivity index (χ0v) is 16.1. The number of thiophene rings is 1. The molecule has 0 aliphatic carbocycles. The Morgan fingerprint density at radius 2 is 1.96 bits per heavy atom. The fourth-order valence-electron chi connectivity index (χ4n) is 4.26. The number of hydrogen-bond acceptors (Lipinski definition) is 7. The summed E-state index contributed by atoms with van der Waals surface area (Å²) in [6.45, 7) is 0. The first-order valence-corrected chi connectivity index (χ1v) is 11.3. The maximum Gasteiger partial charge on any atom is 0.253 e. The van der Waals surface area contributed by atoms with Crippen LogP contribution in [0.25, 0.3) is 11.4 Å². The van der Waals surface area contributed by atoms with Gasteiger partial charge in [-0.2, -0.15) is 9.29 Å². The lowest BCUT2D eigenvalue weighted by atomic mass is 9.92. The predicted octanol–water partition coefficient (Wildman–Crippen LogP) is 3.29. The highest BCUT2D eigenvalue weighted by atomic mass is 32.2. The van der Waals surface area contributed by atoms with Crippen LogP contribution in [0.1, 0.15) is 37.5 Å². The summed E-state index contributed by atoms with van der Waals surface area (Å²) >= 11 is 1.28. The van der Waals surface area contributed by atoms with E-state index in [0.717, 1.165) is 31.2 Å². The average molecular weight is 403 g/mol. The van der Waals surface area contributed by atoms with Crippen molar-refractivity contribution in [1.29, 1.82) is 0 Å². The van der Waals surface area contributed by atoms with Crippen LogP contribution in [0, 0.1) is 0 Å². The van der Waals surface area contributed by atoms with Crippen LogP contribution < -0.4 is 0 Å². The first-order chi connectivity index (χ1) is 13.1. The Bertz CT molecular complexity index is 1020. The lowest BCUT2D eigenvalue weighted by molar-refractivity contribution is 0.202. The Balaban J connectivity index is 1.39. The fraction of sp³-hybridized carbons (Fsp3) is 0.389. The van der Waals surface area contributed by atoms with Gasteiger partial charge in [-0.1, -0.05) is 11.2 Å². The maximum atomic E-state index is 13.0. The third kappa shape index (κ3) is 2.90. The normalized spacial score (nSPS) is 25.7. The summed E-state index contributed by atoms with van der Waals surface area (Å²) in [4.78, 5) is 8.64. The van der Waals surface area contributed by atoms with Crippen LogP contribution in [0.15, 0.2) is 50.8 Å². The third-order valence-electron chi connectivity index (χ3n) is 5.40. The Morgan fingerprint density at radius 1 is 1.15 bits per heavy atom. The van der Waals surface area contributed by atoms with E-state index in [0.29, 0.717) is 15.9 Å². The number of nitrogens with zero attached hydrogens (tertiary/aromatic N) is 4. The van der Waals surface area contributed by atoms with Crippen molar-refractivity contribution >= 4 is 21.4 Å². The maximum absolute atomic E-state index is 13.0. The van der Waals surface area contributed by atoms with Gasteiger partial charge in [0.1, 0.15) is 4.21 Å². The molecular weight excluding hydrogens is 384 g/mol. The minimum absolute atomic E-state index is 0.00501. The average Bonchev–Trinajstić information content (AvgIpc) is 3.42. The van der Waals surface area contributed by atoms with E-state index in [1.807, 2.05) is 12.1 Å². The monoisotopic (exact) mass is 402 g/mol. The summed E-state index contributed by atoms with van der Waals surface area (Å²) in [6.07, 6.45) is 6.61. The lowest BCUT2D eigenvalue weighted by Gasteiger charge is -2.36. The number of piperidine rings is 1.